The van der Waals surface area contributed by atoms with Gasteiger partial charge in [0.15, 0.2) is 0 Å². The Hall–Kier alpha value is -1.00. The number of hydrogen-bond acceptors (Lipinski definition) is 4. The molecular weight excluding hydrogens is 304 g/mol. The van der Waals surface area contributed by atoms with E-state index in [9.17, 15) is 8.42 Å². The van der Waals surface area contributed by atoms with Crippen LogP contribution in [0.4, 0.5) is 0 Å². The zero-order valence-electron chi connectivity index (χ0n) is 12.7. The summed E-state index contributed by atoms with van der Waals surface area (Å²) in [4.78, 5) is 0.268. The summed E-state index contributed by atoms with van der Waals surface area (Å²) in [5, 5.41) is 0. The maximum atomic E-state index is 12.6. The van der Waals surface area contributed by atoms with Gasteiger partial charge >= 0.3 is 0 Å². The Bertz CT molecular complexity index is 618. The van der Waals surface area contributed by atoms with E-state index in [-0.39, 0.29) is 17.5 Å². The highest BCUT2D eigenvalue weighted by Crippen LogP contribution is 2.19. The van der Waals surface area contributed by atoms with Crippen LogP contribution in [0.5, 0.6) is 0 Å². The molecule has 0 fully saturated rings. The molecule has 6 heteroatoms. The van der Waals surface area contributed by atoms with Crippen molar-refractivity contribution in [3.05, 3.63) is 29.8 Å². The molecule has 1 aromatic carbocycles. The number of benzene rings is 1. The summed E-state index contributed by atoms with van der Waals surface area (Å²) in [7, 11) is -1.87. The molecule has 0 saturated carbocycles. The van der Waals surface area contributed by atoms with Crippen LogP contribution in [0.3, 0.4) is 0 Å². The fraction of sp³-hybridized carbons (Fsp3) is 0.467. The lowest BCUT2D eigenvalue weighted by Crippen LogP contribution is -2.35. The maximum absolute atomic E-state index is 12.6. The standard InChI is InChI=1S/C15H22N2O2S2/c1-13(9-11-20-3)17(2)21(18,19)15-8-4-6-14(12-15)7-5-10-16/h4,6,8,12-13H,9-11,16H2,1-3H3. The lowest BCUT2D eigenvalue weighted by Gasteiger charge is -2.24. The van der Waals surface area contributed by atoms with Crippen LogP contribution in [0.15, 0.2) is 29.2 Å². The largest absolute Gasteiger partial charge is 0.320 e. The second kappa shape index (κ2) is 8.44. The highest BCUT2D eigenvalue weighted by Gasteiger charge is 2.25. The van der Waals surface area contributed by atoms with Crippen molar-refractivity contribution in [2.24, 2.45) is 5.73 Å². The molecule has 0 aliphatic carbocycles. The highest BCUT2D eigenvalue weighted by atomic mass is 32.2. The highest BCUT2D eigenvalue weighted by molar-refractivity contribution is 7.98. The molecule has 0 spiro atoms. The molecule has 1 rings (SSSR count). The summed E-state index contributed by atoms with van der Waals surface area (Å²) in [5.41, 5.74) is 5.99. The lowest BCUT2D eigenvalue weighted by atomic mass is 10.2. The normalized spacial score (nSPS) is 12.8. The summed E-state index contributed by atoms with van der Waals surface area (Å²) >= 11 is 1.71. The molecule has 21 heavy (non-hydrogen) atoms. The Labute approximate surface area is 132 Å². The molecule has 1 unspecified atom stereocenters. The van der Waals surface area contributed by atoms with Gasteiger partial charge in [0, 0.05) is 18.7 Å². The van der Waals surface area contributed by atoms with E-state index >= 15 is 0 Å². The average Bonchev–Trinajstić information content (AvgIpc) is 2.50. The molecule has 0 bridgehead atoms. The van der Waals surface area contributed by atoms with E-state index in [4.69, 9.17) is 5.73 Å². The van der Waals surface area contributed by atoms with Crippen molar-refractivity contribution in [2.75, 3.05) is 25.6 Å². The zero-order chi connectivity index (χ0) is 15.9. The van der Waals surface area contributed by atoms with Crippen molar-refractivity contribution >= 4 is 21.8 Å². The number of rotatable bonds is 6. The van der Waals surface area contributed by atoms with Gasteiger partial charge in [-0.15, -0.1) is 0 Å². The minimum absolute atomic E-state index is 0.0405. The van der Waals surface area contributed by atoms with Gasteiger partial charge in [-0.2, -0.15) is 16.1 Å². The van der Waals surface area contributed by atoms with Gasteiger partial charge in [0.05, 0.1) is 11.4 Å². The average molecular weight is 326 g/mol. The first-order valence-electron chi connectivity index (χ1n) is 6.69. The van der Waals surface area contributed by atoms with Crippen LogP contribution < -0.4 is 5.73 Å². The molecule has 0 saturated heterocycles. The van der Waals surface area contributed by atoms with Crippen LogP contribution in [0.2, 0.25) is 0 Å². The van der Waals surface area contributed by atoms with Gasteiger partial charge in [-0.05, 0) is 43.6 Å². The van der Waals surface area contributed by atoms with Crippen LogP contribution in [-0.2, 0) is 10.0 Å². The van der Waals surface area contributed by atoms with E-state index in [0.717, 1.165) is 12.2 Å². The second-order valence-electron chi connectivity index (χ2n) is 4.69. The molecule has 0 radical (unpaired) electrons. The first kappa shape index (κ1) is 18.1. The van der Waals surface area contributed by atoms with Gasteiger partial charge in [-0.1, -0.05) is 17.9 Å². The predicted molar refractivity (Wildman–Crippen MR) is 89.8 cm³/mol. The number of nitrogens with zero attached hydrogens (tertiary/aromatic N) is 1. The zero-order valence-corrected chi connectivity index (χ0v) is 14.3. The molecule has 0 aliphatic heterocycles. The van der Waals surface area contributed by atoms with E-state index in [2.05, 4.69) is 11.8 Å². The van der Waals surface area contributed by atoms with Crippen molar-refractivity contribution < 1.29 is 8.42 Å². The minimum atomic E-state index is -3.49. The quantitative estimate of drug-likeness (QED) is 0.809. The van der Waals surface area contributed by atoms with Gasteiger partial charge < -0.3 is 5.73 Å². The van der Waals surface area contributed by atoms with Crippen molar-refractivity contribution in [1.29, 1.82) is 0 Å². The smallest absolute Gasteiger partial charge is 0.243 e. The van der Waals surface area contributed by atoms with Crippen LogP contribution in [-0.4, -0.2) is 44.4 Å². The number of thioether (sulfide) groups is 1. The summed E-state index contributed by atoms with van der Waals surface area (Å²) in [6.07, 6.45) is 2.84. The van der Waals surface area contributed by atoms with Gasteiger partial charge in [-0.25, -0.2) is 8.42 Å². The molecule has 1 aromatic rings. The van der Waals surface area contributed by atoms with Gasteiger partial charge in [0.1, 0.15) is 0 Å². The van der Waals surface area contributed by atoms with Crippen LogP contribution >= 0.6 is 11.8 Å². The van der Waals surface area contributed by atoms with Gasteiger partial charge in [0.2, 0.25) is 10.0 Å². The van der Waals surface area contributed by atoms with Crippen LogP contribution in [0, 0.1) is 11.8 Å². The van der Waals surface area contributed by atoms with Crippen LogP contribution in [0.25, 0.3) is 0 Å². The van der Waals surface area contributed by atoms with Crippen molar-refractivity contribution in [1.82, 2.24) is 4.31 Å². The van der Waals surface area contributed by atoms with Crippen LogP contribution in [0.1, 0.15) is 18.9 Å². The minimum Gasteiger partial charge on any atom is -0.320 e. The molecule has 4 nitrogen and oxygen atoms in total. The Balaban J connectivity index is 3.01. The van der Waals surface area contributed by atoms with E-state index in [1.165, 1.54) is 4.31 Å². The monoisotopic (exact) mass is 326 g/mol. The van der Waals surface area contributed by atoms with E-state index in [1.807, 2.05) is 13.2 Å². The Morgan fingerprint density at radius 1 is 1.43 bits per heavy atom. The SMILES string of the molecule is CSCCC(C)N(C)S(=O)(=O)c1cccc(C#CCN)c1. The third kappa shape index (κ3) is 5.04. The van der Waals surface area contributed by atoms with E-state index in [1.54, 1.807) is 43.1 Å². The Kier molecular flexibility index (Phi) is 7.26. The molecule has 116 valence electrons. The fourth-order valence-corrected chi connectivity index (χ4v) is 3.78. The summed E-state index contributed by atoms with van der Waals surface area (Å²) in [6.45, 7) is 2.18. The molecule has 2 N–H and O–H groups in total. The maximum Gasteiger partial charge on any atom is 0.243 e. The first-order chi connectivity index (χ1) is 9.93. The second-order valence-corrected chi connectivity index (χ2v) is 7.67. The predicted octanol–water partition coefficient (Wildman–Crippen LogP) is 1.76. The summed E-state index contributed by atoms with van der Waals surface area (Å²) < 4.78 is 26.6. The lowest BCUT2D eigenvalue weighted by molar-refractivity contribution is 0.382. The topological polar surface area (TPSA) is 63.4 Å². The third-order valence-electron chi connectivity index (χ3n) is 3.21. The molecular formula is C15H22N2O2S2. The molecule has 0 heterocycles. The molecule has 0 aromatic heterocycles. The van der Waals surface area contributed by atoms with E-state index in [0.29, 0.717) is 5.56 Å². The number of hydrogen-bond donors (Lipinski definition) is 1. The molecule has 0 aliphatic rings. The van der Waals surface area contributed by atoms with Crippen molar-refractivity contribution in [3.8, 4) is 11.8 Å². The summed E-state index contributed by atoms with van der Waals surface area (Å²) in [5.74, 6) is 6.52. The molecule has 1 atom stereocenters. The fourth-order valence-electron chi connectivity index (χ4n) is 1.76. The van der Waals surface area contributed by atoms with E-state index < -0.39 is 10.0 Å². The van der Waals surface area contributed by atoms with Crippen molar-refractivity contribution in [3.63, 3.8) is 0 Å². The Morgan fingerprint density at radius 3 is 2.76 bits per heavy atom. The summed E-state index contributed by atoms with van der Waals surface area (Å²) in [6, 6.07) is 6.63. The number of sulfonamides is 1. The van der Waals surface area contributed by atoms with Gasteiger partial charge in [0.25, 0.3) is 0 Å². The van der Waals surface area contributed by atoms with Gasteiger partial charge in [-0.3, -0.25) is 0 Å². The Morgan fingerprint density at radius 2 is 2.14 bits per heavy atom. The van der Waals surface area contributed by atoms with Crippen molar-refractivity contribution in [2.45, 2.75) is 24.3 Å². The molecule has 0 amide bonds. The third-order valence-corrected chi connectivity index (χ3v) is 5.82. The first-order valence-corrected chi connectivity index (χ1v) is 9.53. The number of nitrogens with two attached hydrogens (primary N) is 1.